The van der Waals surface area contributed by atoms with Gasteiger partial charge in [-0.3, -0.25) is 20.0 Å². The second-order valence-corrected chi connectivity index (χ2v) is 9.40. The van der Waals surface area contributed by atoms with Crippen LogP contribution in [-0.2, 0) is 6.54 Å². The SMILES string of the molecule is Fc1cc2[nH]nc(-c3nc4c(-c5cccnc5)ccnc4[nH]3)c2cc1-c1cncc(CN2CCCC2)c1. The number of hydrogen-bond acceptors (Lipinski definition) is 6. The fraction of sp³-hybridized carbons (Fsp3) is 0.179. The average Bonchev–Trinajstić information content (AvgIpc) is 3.68. The van der Waals surface area contributed by atoms with Gasteiger partial charge in [0.2, 0.25) is 0 Å². The number of benzene rings is 1. The standard InChI is InChI=1S/C28H23FN8/c29-23-12-24-22(11-21(23)19-10-17(13-31-15-19)16-37-8-1-2-9-37)26(36-35-24)28-33-25-20(5-7-32-27(25)34-28)18-4-3-6-30-14-18/h3-7,10-15H,1-2,8-9,16H2,(H,35,36)(H,32,33,34). The summed E-state index contributed by atoms with van der Waals surface area (Å²) < 4.78 is 15.2. The van der Waals surface area contributed by atoms with E-state index in [1.54, 1.807) is 24.8 Å². The Kier molecular flexibility index (Phi) is 5.21. The van der Waals surface area contributed by atoms with Gasteiger partial charge in [0, 0.05) is 71.2 Å². The number of nitrogens with one attached hydrogen (secondary N) is 2. The summed E-state index contributed by atoms with van der Waals surface area (Å²) in [5, 5.41) is 8.20. The summed E-state index contributed by atoms with van der Waals surface area (Å²) in [5.74, 6) is 0.233. The first kappa shape index (κ1) is 21.8. The molecule has 2 N–H and O–H groups in total. The van der Waals surface area contributed by atoms with Crippen molar-refractivity contribution in [2.24, 2.45) is 0 Å². The highest BCUT2D eigenvalue weighted by Gasteiger charge is 2.19. The van der Waals surface area contributed by atoms with Crippen molar-refractivity contribution in [3.63, 3.8) is 0 Å². The van der Waals surface area contributed by atoms with Crippen molar-refractivity contribution in [1.29, 1.82) is 0 Å². The third-order valence-electron chi connectivity index (χ3n) is 6.94. The molecule has 0 unspecified atom stereocenters. The van der Waals surface area contributed by atoms with Gasteiger partial charge in [0.1, 0.15) is 17.0 Å². The summed E-state index contributed by atoms with van der Waals surface area (Å²) in [7, 11) is 0. The van der Waals surface area contributed by atoms with E-state index < -0.39 is 0 Å². The quantitative estimate of drug-likeness (QED) is 0.338. The molecule has 0 radical (unpaired) electrons. The molecule has 37 heavy (non-hydrogen) atoms. The summed E-state index contributed by atoms with van der Waals surface area (Å²) >= 11 is 0. The fourth-order valence-corrected chi connectivity index (χ4v) is 5.14. The summed E-state index contributed by atoms with van der Waals surface area (Å²) in [6.45, 7) is 3.02. The van der Waals surface area contributed by atoms with Gasteiger partial charge in [0.05, 0.1) is 5.52 Å². The number of nitrogens with zero attached hydrogens (tertiary/aromatic N) is 6. The highest BCUT2D eigenvalue weighted by atomic mass is 19.1. The monoisotopic (exact) mass is 490 g/mol. The highest BCUT2D eigenvalue weighted by molar-refractivity contribution is 5.97. The van der Waals surface area contributed by atoms with Crippen molar-refractivity contribution in [3.8, 4) is 33.8 Å². The van der Waals surface area contributed by atoms with Gasteiger partial charge in [-0.2, -0.15) is 5.10 Å². The van der Waals surface area contributed by atoms with Crippen LogP contribution in [0.2, 0.25) is 0 Å². The normalized spacial score (nSPS) is 14.2. The predicted octanol–water partition coefficient (Wildman–Crippen LogP) is 5.36. The van der Waals surface area contributed by atoms with Crippen molar-refractivity contribution < 1.29 is 4.39 Å². The Labute approximate surface area is 211 Å². The van der Waals surface area contributed by atoms with E-state index in [4.69, 9.17) is 4.98 Å². The molecule has 182 valence electrons. The molecule has 0 atom stereocenters. The van der Waals surface area contributed by atoms with Gasteiger partial charge in [0.25, 0.3) is 0 Å². The minimum absolute atomic E-state index is 0.326. The predicted molar refractivity (Wildman–Crippen MR) is 140 cm³/mol. The number of hydrogen-bond donors (Lipinski definition) is 2. The molecule has 9 heteroatoms. The molecule has 0 saturated carbocycles. The van der Waals surface area contributed by atoms with Crippen molar-refractivity contribution in [2.45, 2.75) is 19.4 Å². The molecule has 6 aromatic rings. The Morgan fingerprint density at radius 1 is 0.919 bits per heavy atom. The Hall–Kier alpha value is -4.50. The molecule has 7 rings (SSSR count). The number of likely N-dealkylation sites (tertiary alicyclic amines) is 1. The maximum absolute atomic E-state index is 15.2. The molecule has 8 nitrogen and oxygen atoms in total. The van der Waals surface area contributed by atoms with Crippen LogP contribution in [0.4, 0.5) is 4.39 Å². The Morgan fingerprint density at radius 2 is 1.81 bits per heavy atom. The van der Waals surface area contributed by atoms with Gasteiger partial charge in [-0.1, -0.05) is 6.07 Å². The topological polar surface area (TPSA) is 99.3 Å². The number of imidazole rings is 1. The molecule has 1 fully saturated rings. The smallest absolute Gasteiger partial charge is 0.160 e. The summed E-state index contributed by atoms with van der Waals surface area (Å²) in [5.41, 5.74) is 6.75. The number of pyridine rings is 3. The molecule has 1 saturated heterocycles. The molecule has 0 aliphatic carbocycles. The van der Waals surface area contributed by atoms with Crippen LogP contribution >= 0.6 is 0 Å². The lowest BCUT2D eigenvalue weighted by Crippen LogP contribution is -2.18. The zero-order valence-electron chi connectivity index (χ0n) is 19.9. The van der Waals surface area contributed by atoms with Crippen LogP contribution in [0.3, 0.4) is 0 Å². The van der Waals surface area contributed by atoms with E-state index in [2.05, 4.69) is 35.0 Å². The van der Waals surface area contributed by atoms with Crippen molar-refractivity contribution in [1.82, 2.24) is 40.0 Å². The van der Waals surface area contributed by atoms with Crippen LogP contribution in [0, 0.1) is 5.82 Å². The molecular weight excluding hydrogens is 467 g/mol. The molecule has 1 aromatic carbocycles. The van der Waals surface area contributed by atoms with Gasteiger partial charge in [0.15, 0.2) is 11.5 Å². The number of aromatic nitrogens is 7. The number of fused-ring (bicyclic) bond motifs is 2. The lowest BCUT2D eigenvalue weighted by Gasteiger charge is -2.15. The zero-order chi connectivity index (χ0) is 24.8. The summed E-state index contributed by atoms with van der Waals surface area (Å²) in [4.78, 5) is 23.6. The lowest BCUT2D eigenvalue weighted by atomic mass is 10.0. The minimum atomic E-state index is -0.326. The minimum Gasteiger partial charge on any atom is -0.321 e. The third kappa shape index (κ3) is 3.93. The summed E-state index contributed by atoms with van der Waals surface area (Å²) in [6, 6.07) is 11.1. The molecular formula is C28H23FN8. The van der Waals surface area contributed by atoms with E-state index >= 15 is 4.39 Å². The van der Waals surface area contributed by atoms with E-state index in [9.17, 15) is 0 Å². The zero-order valence-corrected chi connectivity index (χ0v) is 19.9. The van der Waals surface area contributed by atoms with Crippen LogP contribution in [0.25, 0.3) is 55.8 Å². The molecule has 5 aromatic heterocycles. The molecule has 1 aliphatic rings. The van der Waals surface area contributed by atoms with Crippen LogP contribution in [0.1, 0.15) is 18.4 Å². The maximum atomic E-state index is 15.2. The Balaban J connectivity index is 1.31. The van der Waals surface area contributed by atoms with Crippen molar-refractivity contribution >= 4 is 22.1 Å². The fourth-order valence-electron chi connectivity index (χ4n) is 5.14. The molecule has 1 aliphatic heterocycles. The van der Waals surface area contributed by atoms with Gasteiger partial charge in [-0.05, 0) is 55.8 Å². The van der Waals surface area contributed by atoms with Crippen LogP contribution < -0.4 is 0 Å². The van der Waals surface area contributed by atoms with Gasteiger partial charge in [-0.15, -0.1) is 0 Å². The van der Waals surface area contributed by atoms with Crippen LogP contribution in [0.5, 0.6) is 0 Å². The summed E-state index contributed by atoms with van der Waals surface area (Å²) in [6.07, 6.45) is 11.3. The first-order chi connectivity index (χ1) is 18.2. The first-order valence-corrected chi connectivity index (χ1v) is 12.3. The van der Waals surface area contributed by atoms with E-state index in [0.717, 1.165) is 52.8 Å². The molecule has 0 amide bonds. The highest BCUT2D eigenvalue weighted by Crippen LogP contribution is 2.34. The molecule has 0 spiro atoms. The first-order valence-electron chi connectivity index (χ1n) is 12.3. The van der Waals surface area contributed by atoms with Gasteiger partial charge < -0.3 is 4.98 Å². The third-order valence-corrected chi connectivity index (χ3v) is 6.94. The maximum Gasteiger partial charge on any atom is 0.160 e. The van der Waals surface area contributed by atoms with Crippen LogP contribution in [-0.4, -0.2) is 53.1 Å². The van der Waals surface area contributed by atoms with Crippen LogP contribution in [0.15, 0.2) is 67.4 Å². The van der Waals surface area contributed by atoms with E-state index in [-0.39, 0.29) is 5.82 Å². The second kappa shape index (κ2) is 8.86. The number of aromatic amines is 2. The van der Waals surface area contributed by atoms with Crippen molar-refractivity contribution in [3.05, 3.63) is 78.8 Å². The Morgan fingerprint density at radius 3 is 2.68 bits per heavy atom. The molecule has 6 heterocycles. The van der Waals surface area contributed by atoms with E-state index in [1.807, 2.05) is 36.5 Å². The average molecular weight is 491 g/mol. The van der Waals surface area contributed by atoms with E-state index in [1.165, 1.54) is 18.9 Å². The van der Waals surface area contributed by atoms with Gasteiger partial charge >= 0.3 is 0 Å². The van der Waals surface area contributed by atoms with E-state index in [0.29, 0.717) is 28.2 Å². The largest absolute Gasteiger partial charge is 0.321 e. The van der Waals surface area contributed by atoms with Crippen molar-refractivity contribution in [2.75, 3.05) is 13.1 Å². The number of H-pyrrole nitrogens is 2. The molecule has 0 bridgehead atoms. The lowest BCUT2D eigenvalue weighted by molar-refractivity contribution is 0.331. The number of halogens is 1. The van der Waals surface area contributed by atoms with Gasteiger partial charge in [-0.25, -0.2) is 14.4 Å². The number of rotatable bonds is 5. The Bertz CT molecular complexity index is 1730. The second-order valence-electron chi connectivity index (χ2n) is 9.40.